The van der Waals surface area contributed by atoms with Crippen LogP contribution in [0.2, 0.25) is 0 Å². The lowest BCUT2D eigenvalue weighted by molar-refractivity contribution is -0.186. The highest BCUT2D eigenvalue weighted by atomic mass is 19.4. The summed E-state index contributed by atoms with van der Waals surface area (Å²) in [5, 5.41) is 2.92. The first-order valence-electron chi connectivity index (χ1n) is 8.45. The number of hydrogen-bond donors (Lipinski definition) is 1. The summed E-state index contributed by atoms with van der Waals surface area (Å²) >= 11 is 0. The lowest BCUT2D eigenvalue weighted by Crippen LogP contribution is -2.46. The normalized spacial score (nSPS) is 29.1. The molecule has 1 saturated heterocycles. The Morgan fingerprint density at radius 1 is 1.18 bits per heavy atom. The van der Waals surface area contributed by atoms with E-state index in [4.69, 9.17) is 0 Å². The molecule has 3 atom stereocenters. The minimum atomic E-state index is -4.17. The summed E-state index contributed by atoms with van der Waals surface area (Å²) in [6.07, 6.45) is 0.656. The summed E-state index contributed by atoms with van der Waals surface area (Å²) in [6.45, 7) is 4.84. The largest absolute Gasteiger partial charge is 0.391 e. The third-order valence-electron chi connectivity index (χ3n) is 4.88. The third kappa shape index (κ3) is 5.14. The first kappa shape index (κ1) is 17.6. The van der Waals surface area contributed by atoms with E-state index in [1.165, 1.54) is 19.3 Å². The zero-order valence-electron chi connectivity index (χ0n) is 13.3. The number of piperidine rings is 1. The molecule has 1 aliphatic carbocycles. The molecule has 6 heteroatoms. The Hall–Kier alpha value is -0.780. The van der Waals surface area contributed by atoms with Gasteiger partial charge in [0.05, 0.1) is 5.92 Å². The van der Waals surface area contributed by atoms with Crippen LogP contribution in [0.1, 0.15) is 51.9 Å². The average molecular weight is 320 g/mol. The van der Waals surface area contributed by atoms with Gasteiger partial charge in [-0.05, 0) is 52.1 Å². The van der Waals surface area contributed by atoms with Gasteiger partial charge in [0, 0.05) is 18.5 Å². The van der Waals surface area contributed by atoms with Gasteiger partial charge in [-0.3, -0.25) is 4.79 Å². The van der Waals surface area contributed by atoms with E-state index in [1.807, 2.05) is 6.92 Å². The van der Waals surface area contributed by atoms with Gasteiger partial charge < -0.3 is 10.2 Å². The molecule has 0 aromatic heterocycles. The molecular formula is C16H27F3N2O. The average Bonchev–Trinajstić information content (AvgIpc) is 2.47. The van der Waals surface area contributed by atoms with Crippen molar-refractivity contribution >= 4 is 5.91 Å². The van der Waals surface area contributed by atoms with E-state index in [2.05, 4.69) is 10.2 Å². The molecular weight excluding hydrogens is 293 g/mol. The Balaban J connectivity index is 1.78. The lowest BCUT2D eigenvalue weighted by atomic mass is 9.80. The number of carbonyl (C=O) groups excluding carboxylic acids is 1. The van der Waals surface area contributed by atoms with Crippen molar-refractivity contribution < 1.29 is 18.0 Å². The Kier molecular flexibility index (Phi) is 6.12. The molecule has 2 rings (SSSR count). The first-order valence-corrected chi connectivity index (χ1v) is 8.45. The van der Waals surface area contributed by atoms with E-state index in [-0.39, 0.29) is 24.8 Å². The van der Waals surface area contributed by atoms with Gasteiger partial charge in [0.1, 0.15) is 0 Å². The van der Waals surface area contributed by atoms with E-state index in [0.29, 0.717) is 12.8 Å². The summed E-state index contributed by atoms with van der Waals surface area (Å²) in [4.78, 5) is 14.6. The van der Waals surface area contributed by atoms with Crippen molar-refractivity contribution in [3.05, 3.63) is 0 Å². The molecule has 1 amide bonds. The Labute approximate surface area is 130 Å². The van der Waals surface area contributed by atoms with E-state index >= 15 is 0 Å². The van der Waals surface area contributed by atoms with E-state index in [9.17, 15) is 18.0 Å². The van der Waals surface area contributed by atoms with Crippen LogP contribution in [0, 0.1) is 11.8 Å². The highest BCUT2D eigenvalue weighted by Gasteiger charge is 2.43. The maximum absolute atomic E-state index is 12.8. The number of alkyl halides is 3. The fourth-order valence-corrected chi connectivity index (χ4v) is 3.66. The van der Waals surface area contributed by atoms with Crippen molar-refractivity contribution in [2.24, 2.45) is 11.8 Å². The molecule has 1 N–H and O–H groups in total. The van der Waals surface area contributed by atoms with Crippen molar-refractivity contribution in [1.29, 1.82) is 0 Å². The maximum Gasteiger partial charge on any atom is 0.391 e. The standard InChI is InChI=1S/C16H27F3N2O/c1-12(11-21-8-3-2-4-9-21)20-15(22)13-6-5-7-14(10-13)16(17,18)19/h12-14H,2-11H2,1H3,(H,20,22). The van der Waals surface area contributed by atoms with Crippen LogP contribution in [0.4, 0.5) is 13.2 Å². The summed E-state index contributed by atoms with van der Waals surface area (Å²) in [7, 11) is 0. The van der Waals surface area contributed by atoms with Crippen LogP contribution < -0.4 is 5.32 Å². The second kappa shape index (κ2) is 7.66. The molecule has 3 unspecified atom stereocenters. The molecule has 2 fully saturated rings. The fourth-order valence-electron chi connectivity index (χ4n) is 3.66. The predicted molar refractivity (Wildman–Crippen MR) is 79.4 cm³/mol. The number of nitrogens with one attached hydrogen (secondary N) is 1. The topological polar surface area (TPSA) is 32.3 Å². The lowest BCUT2D eigenvalue weighted by Gasteiger charge is -2.32. The number of rotatable bonds is 4. The van der Waals surface area contributed by atoms with Crippen molar-refractivity contribution in [3.8, 4) is 0 Å². The van der Waals surface area contributed by atoms with Crippen molar-refractivity contribution in [2.75, 3.05) is 19.6 Å². The molecule has 0 bridgehead atoms. The molecule has 0 aromatic carbocycles. The maximum atomic E-state index is 12.8. The van der Waals surface area contributed by atoms with Gasteiger partial charge in [-0.15, -0.1) is 0 Å². The minimum absolute atomic E-state index is 0.00290. The van der Waals surface area contributed by atoms with Crippen molar-refractivity contribution in [2.45, 2.75) is 64.1 Å². The van der Waals surface area contributed by atoms with E-state index < -0.39 is 18.0 Å². The van der Waals surface area contributed by atoms with Gasteiger partial charge in [-0.2, -0.15) is 13.2 Å². The summed E-state index contributed by atoms with van der Waals surface area (Å²) in [5.41, 5.74) is 0. The smallest absolute Gasteiger partial charge is 0.352 e. The monoisotopic (exact) mass is 320 g/mol. The third-order valence-corrected chi connectivity index (χ3v) is 4.88. The fraction of sp³-hybridized carbons (Fsp3) is 0.938. The molecule has 128 valence electrons. The van der Waals surface area contributed by atoms with Crippen LogP contribution in [0.15, 0.2) is 0 Å². The van der Waals surface area contributed by atoms with Gasteiger partial charge >= 0.3 is 6.18 Å². The predicted octanol–water partition coefficient (Wildman–Crippen LogP) is 3.35. The van der Waals surface area contributed by atoms with Gasteiger partial charge in [-0.1, -0.05) is 12.8 Å². The SMILES string of the molecule is CC(CN1CCCCC1)NC(=O)C1CCCC(C(F)(F)F)C1. The van der Waals surface area contributed by atoms with Crippen LogP contribution in [0.3, 0.4) is 0 Å². The van der Waals surface area contributed by atoms with Gasteiger partial charge in [0.25, 0.3) is 0 Å². The van der Waals surface area contributed by atoms with E-state index in [1.54, 1.807) is 0 Å². The number of amides is 1. The number of hydrogen-bond acceptors (Lipinski definition) is 2. The number of nitrogens with zero attached hydrogens (tertiary/aromatic N) is 1. The molecule has 0 radical (unpaired) electrons. The molecule has 1 saturated carbocycles. The highest BCUT2D eigenvalue weighted by Crippen LogP contribution is 2.39. The van der Waals surface area contributed by atoms with Gasteiger partial charge in [0.2, 0.25) is 5.91 Å². The van der Waals surface area contributed by atoms with E-state index in [0.717, 1.165) is 19.6 Å². The Bertz CT molecular complexity index is 367. The first-order chi connectivity index (χ1) is 10.4. The van der Waals surface area contributed by atoms with Crippen LogP contribution in [0.25, 0.3) is 0 Å². The minimum Gasteiger partial charge on any atom is -0.352 e. The molecule has 2 aliphatic rings. The number of carbonyl (C=O) groups is 1. The van der Waals surface area contributed by atoms with Crippen molar-refractivity contribution in [1.82, 2.24) is 10.2 Å². The quantitative estimate of drug-likeness (QED) is 0.861. The summed E-state index contributed by atoms with van der Waals surface area (Å²) < 4.78 is 38.4. The second-order valence-corrected chi connectivity index (χ2v) is 6.87. The molecule has 0 spiro atoms. The molecule has 1 heterocycles. The van der Waals surface area contributed by atoms with Gasteiger partial charge in [0.15, 0.2) is 0 Å². The zero-order valence-corrected chi connectivity index (χ0v) is 13.3. The molecule has 3 nitrogen and oxygen atoms in total. The van der Waals surface area contributed by atoms with Crippen LogP contribution >= 0.6 is 0 Å². The molecule has 22 heavy (non-hydrogen) atoms. The Morgan fingerprint density at radius 3 is 2.50 bits per heavy atom. The highest BCUT2D eigenvalue weighted by molar-refractivity contribution is 5.79. The summed E-state index contributed by atoms with van der Waals surface area (Å²) in [6, 6.07) is -0.00290. The second-order valence-electron chi connectivity index (χ2n) is 6.87. The number of halogens is 3. The van der Waals surface area contributed by atoms with Gasteiger partial charge in [-0.25, -0.2) is 0 Å². The number of likely N-dealkylation sites (tertiary alicyclic amines) is 1. The Morgan fingerprint density at radius 2 is 1.86 bits per heavy atom. The summed E-state index contributed by atoms with van der Waals surface area (Å²) in [5.74, 6) is -1.99. The van der Waals surface area contributed by atoms with Crippen LogP contribution in [-0.2, 0) is 4.79 Å². The zero-order chi connectivity index (χ0) is 16.2. The molecule has 1 aliphatic heterocycles. The van der Waals surface area contributed by atoms with Crippen LogP contribution in [0.5, 0.6) is 0 Å². The molecule has 0 aromatic rings. The van der Waals surface area contributed by atoms with Crippen molar-refractivity contribution in [3.63, 3.8) is 0 Å². The van der Waals surface area contributed by atoms with Crippen LogP contribution in [-0.4, -0.2) is 42.7 Å².